The van der Waals surface area contributed by atoms with E-state index in [0.717, 1.165) is 32.4 Å². The first-order chi connectivity index (χ1) is 8.68. The summed E-state index contributed by atoms with van der Waals surface area (Å²) in [6.07, 6.45) is 3.70. The minimum Gasteiger partial charge on any atom is -0.368 e. The topological polar surface area (TPSA) is 89.5 Å². The molecule has 2 rings (SSSR count). The van der Waals surface area contributed by atoms with Crippen molar-refractivity contribution in [3.8, 4) is 0 Å². The Morgan fingerprint density at radius 2 is 2.17 bits per heavy atom. The van der Waals surface area contributed by atoms with E-state index in [0.29, 0.717) is 19.0 Å². The zero-order valence-corrected chi connectivity index (χ0v) is 10.6. The van der Waals surface area contributed by atoms with Crippen LogP contribution < -0.4 is 16.4 Å². The second-order valence-corrected chi connectivity index (χ2v) is 5.00. The minimum absolute atomic E-state index is 0.0260. The summed E-state index contributed by atoms with van der Waals surface area (Å²) in [5.74, 6) is -0.421. The summed E-state index contributed by atoms with van der Waals surface area (Å²) in [7, 11) is 0. The number of primary amides is 1. The zero-order chi connectivity index (χ0) is 13.0. The van der Waals surface area contributed by atoms with Crippen LogP contribution >= 0.6 is 0 Å². The van der Waals surface area contributed by atoms with Gasteiger partial charge in [-0.05, 0) is 25.7 Å². The first kappa shape index (κ1) is 13.3. The van der Waals surface area contributed by atoms with Crippen molar-refractivity contribution in [3.05, 3.63) is 0 Å². The van der Waals surface area contributed by atoms with E-state index in [1.807, 2.05) is 0 Å². The van der Waals surface area contributed by atoms with Crippen molar-refractivity contribution in [1.82, 2.24) is 15.5 Å². The third kappa shape index (κ3) is 3.20. The quantitative estimate of drug-likeness (QED) is 0.661. The number of piperidine rings is 1. The average Bonchev–Trinajstić information content (AvgIpc) is 2.86. The van der Waals surface area contributed by atoms with Crippen LogP contribution in [0.25, 0.3) is 0 Å². The van der Waals surface area contributed by atoms with Gasteiger partial charge in [-0.25, -0.2) is 5.32 Å². The summed E-state index contributed by atoms with van der Waals surface area (Å²) in [5, 5.41) is 7.54. The number of nitrogens with zero attached hydrogens (tertiary/aromatic N) is 2. The van der Waals surface area contributed by atoms with Crippen LogP contribution in [0.5, 0.6) is 0 Å². The van der Waals surface area contributed by atoms with E-state index < -0.39 is 11.9 Å². The molecule has 2 aliphatic rings. The van der Waals surface area contributed by atoms with Crippen LogP contribution in [0.2, 0.25) is 0 Å². The fourth-order valence-electron chi connectivity index (χ4n) is 2.65. The van der Waals surface area contributed by atoms with Crippen molar-refractivity contribution >= 4 is 11.8 Å². The Balaban J connectivity index is 1.78. The van der Waals surface area contributed by atoms with Crippen LogP contribution in [0, 0.1) is 0 Å². The average molecular weight is 253 g/mol. The molecular weight excluding hydrogens is 232 g/mol. The molecule has 0 saturated carbocycles. The van der Waals surface area contributed by atoms with Crippen LogP contribution in [0.3, 0.4) is 0 Å². The second kappa shape index (κ2) is 6.15. The van der Waals surface area contributed by atoms with Gasteiger partial charge < -0.3 is 16.0 Å². The molecule has 18 heavy (non-hydrogen) atoms. The lowest BCUT2D eigenvalue weighted by molar-refractivity contribution is -0.136. The van der Waals surface area contributed by atoms with Crippen molar-refractivity contribution in [2.24, 2.45) is 5.73 Å². The molecule has 2 aliphatic heterocycles. The molecule has 2 atom stereocenters. The summed E-state index contributed by atoms with van der Waals surface area (Å²) < 4.78 is 0. The Labute approximate surface area is 107 Å². The van der Waals surface area contributed by atoms with E-state index in [1.165, 1.54) is 0 Å². The van der Waals surface area contributed by atoms with Crippen LogP contribution in [-0.4, -0.2) is 55.0 Å². The van der Waals surface area contributed by atoms with Gasteiger partial charge in [0, 0.05) is 25.7 Å². The van der Waals surface area contributed by atoms with Gasteiger partial charge in [0.2, 0.25) is 11.8 Å². The smallest absolute Gasteiger partial charge is 0.240 e. The molecule has 0 aliphatic carbocycles. The summed E-state index contributed by atoms with van der Waals surface area (Å²) in [4.78, 5) is 24.8. The van der Waals surface area contributed by atoms with Crippen LogP contribution in [0.4, 0.5) is 0 Å². The Bertz CT molecular complexity index is 315. The van der Waals surface area contributed by atoms with Gasteiger partial charge in [-0.15, -0.1) is 0 Å². The molecular formula is C12H21N4O2. The standard InChI is InChI=1S/C12H21N4O2/c13-12(18)10-4-2-6-16(10)11(17)8-15-9-3-1-5-14-7-9/h9-10,15H,1-8H2,(H2,13,18). The summed E-state index contributed by atoms with van der Waals surface area (Å²) in [6.45, 7) is 2.64. The number of nitrogens with two attached hydrogens (primary N) is 1. The number of amides is 2. The Hall–Kier alpha value is -1.14. The molecule has 2 heterocycles. The predicted molar refractivity (Wildman–Crippen MR) is 66.8 cm³/mol. The molecule has 2 fully saturated rings. The molecule has 3 N–H and O–H groups in total. The van der Waals surface area contributed by atoms with E-state index in [1.54, 1.807) is 4.90 Å². The molecule has 2 amide bonds. The van der Waals surface area contributed by atoms with Gasteiger partial charge in [0.05, 0.1) is 6.54 Å². The van der Waals surface area contributed by atoms with Gasteiger partial charge in [-0.2, -0.15) is 0 Å². The molecule has 0 aromatic carbocycles. The monoisotopic (exact) mass is 253 g/mol. The van der Waals surface area contributed by atoms with E-state index in [4.69, 9.17) is 5.73 Å². The zero-order valence-electron chi connectivity index (χ0n) is 10.6. The van der Waals surface area contributed by atoms with Crippen molar-refractivity contribution < 1.29 is 9.59 Å². The number of nitrogens with one attached hydrogen (secondary N) is 1. The van der Waals surface area contributed by atoms with Gasteiger partial charge in [-0.3, -0.25) is 9.59 Å². The van der Waals surface area contributed by atoms with Gasteiger partial charge >= 0.3 is 0 Å². The number of hydrogen-bond donors (Lipinski definition) is 2. The predicted octanol–water partition coefficient (Wildman–Crippen LogP) is -1.18. The molecule has 101 valence electrons. The van der Waals surface area contributed by atoms with Crippen LogP contribution in [-0.2, 0) is 9.59 Å². The lowest BCUT2D eigenvalue weighted by atomic mass is 10.1. The number of rotatable bonds is 4. The van der Waals surface area contributed by atoms with Gasteiger partial charge in [-0.1, -0.05) is 0 Å². The largest absolute Gasteiger partial charge is 0.368 e. The molecule has 0 bridgehead atoms. The summed E-state index contributed by atoms with van der Waals surface area (Å²) >= 11 is 0. The number of carbonyl (C=O) groups excluding carboxylic acids is 2. The molecule has 6 nitrogen and oxygen atoms in total. The molecule has 2 unspecified atom stereocenters. The van der Waals surface area contributed by atoms with E-state index >= 15 is 0 Å². The fourth-order valence-corrected chi connectivity index (χ4v) is 2.65. The van der Waals surface area contributed by atoms with Crippen molar-refractivity contribution in [3.63, 3.8) is 0 Å². The molecule has 0 aromatic heterocycles. The third-order valence-corrected chi connectivity index (χ3v) is 3.66. The Morgan fingerprint density at radius 3 is 2.83 bits per heavy atom. The molecule has 2 saturated heterocycles. The van der Waals surface area contributed by atoms with Crippen LogP contribution in [0.1, 0.15) is 25.7 Å². The fraction of sp³-hybridized carbons (Fsp3) is 0.833. The summed E-state index contributed by atoms with van der Waals surface area (Å²) in [6, 6.07) is -0.104. The molecule has 0 spiro atoms. The van der Waals surface area contributed by atoms with Gasteiger partial charge in [0.25, 0.3) is 0 Å². The highest BCUT2D eigenvalue weighted by Gasteiger charge is 2.32. The van der Waals surface area contributed by atoms with E-state index in [2.05, 4.69) is 10.6 Å². The number of carbonyl (C=O) groups is 2. The third-order valence-electron chi connectivity index (χ3n) is 3.66. The second-order valence-electron chi connectivity index (χ2n) is 5.00. The van der Waals surface area contributed by atoms with Gasteiger partial charge in [0.15, 0.2) is 0 Å². The maximum atomic E-state index is 12.0. The highest BCUT2D eigenvalue weighted by atomic mass is 16.2. The van der Waals surface area contributed by atoms with Crippen molar-refractivity contribution in [1.29, 1.82) is 0 Å². The number of likely N-dealkylation sites (tertiary alicyclic amines) is 1. The Kier molecular flexibility index (Phi) is 4.54. The molecule has 0 aromatic rings. The lowest BCUT2D eigenvalue weighted by Gasteiger charge is -2.26. The summed E-state index contributed by atoms with van der Waals surface area (Å²) in [5.41, 5.74) is 5.30. The van der Waals surface area contributed by atoms with Crippen molar-refractivity contribution in [2.75, 3.05) is 26.2 Å². The lowest BCUT2D eigenvalue weighted by Crippen LogP contribution is -2.49. The maximum Gasteiger partial charge on any atom is 0.240 e. The van der Waals surface area contributed by atoms with E-state index in [-0.39, 0.29) is 12.5 Å². The van der Waals surface area contributed by atoms with Crippen LogP contribution in [0.15, 0.2) is 0 Å². The van der Waals surface area contributed by atoms with Gasteiger partial charge in [0.1, 0.15) is 6.04 Å². The molecule has 6 heteroatoms. The first-order valence-electron chi connectivity index (χ1n) is 6.64. The maximum absolute atomic E-state index is 12.0. The Morgan fingerprint density at radius 1 is 1.33 bits per heavy atom. The highest BCUT2D eigenvalue weighted by molar-refractivity contribution is 5.88. The number of hydrogen-bond acceptors (Lipinski definition) is 3. The van der Waals surface area contributed by atoms with Crippen molar-refractivity contribution in [2.45, 2.75) is 37.8 Å². The SMILES string of the molecule is NC(=O)C1CCCN1C(=O)CNC1CCC[N]C1. The highest BCUT2D eigenvalue weighted by Crippen LogP contribution is 2.16. The first-order valence-corrected chi connectivity index (χ1v) is 6.64. The molecule has 1 radical (unpaired) electrons. The minimum atomic E-state index is -0.407. The van der Waals surface area contributed by atoms with E-state index in [9.17, 15) is 9.59 Å². The normalized spacial score (nSPS) is 28.3.